The van der Waals surface area contributed by atoms with Crippen molar-refractivity contribution in [3.8, 4) is 0 Å². The van der Waals surface area contributed by atoms with Gasteiger partial charge in [0.15, 0.2) is 0 Å². The average Bonchev–Trinajstić information content (AvgIpc) is 2.57. The molecule has 6 heteroatoms. The summed E-state index contributed by atoms with van der Waals surface area (Å²) in [6, 6.07) is 7.47. The fourth-order valence-electron chi connectivity index (χ4n) is 2.12. The number of rotatable bonds is 14. The summed E-state index contributed by atoms with van der Waals surface area (Å²) in [4.78, 5) is 0. The van der Waals surface area contributed by atoms with Gasteiger partial charge in [-0.25, -0.2) is 0 Å². The van der Waals surface area contributed by atoms with E-state index in [1.54, 1.807) is 0 Å². The summed E-state index contributed by atoms with van der Waals surface area (Å²) in [6.45, 7) is 5.38. The third-order valence-corrected chi connectivity index (χ3v) is 9.84. The second-order valence-corrected chi connectivity index (χ2v) is 12.8. The van der Waals surface area contributed by atoms with E-state index < -0.39 is 6.29 Å². The van der Waals surface area contributed by atoms with Crippen LogP contribution in [-0.2, 0) is 13.6 Å². The first kappa shape index (κ1) is 22.2. The number of unbranched alkanes of at least 4 members (excludes halogenated alkanes) is 6. The van der Waals surface area contributed by atoms with Gasteiger partial charge in [-0.1, -0.05) is 0 Å². The Kier molecular flexibility index (Phi) is 12.4. The molecule has 1 aromatic carbocycles. The van der Waals surface area contributed by atoms with Gasteiger partial charge in [-0.3, -0.25) is 0 Å². The second kappa shape index (κ2) is 13.4. The molecular formula is C18H30ClO3PSe. The van der Waals surface area contributed by atoms with Crippen LogP contribution in [0.5, 0.6) is 0 Å². The molecule has 0 amide bonds. The molecule has 1 aromatic rings. The molecule has 0 bridgehead atoms. The van der Waals surface area contributed by atoms with Gasteiger partial charge in [0, 0.05) is 0 Å². The topological polar surface area (TPSA) is 35.5 Å². The van der Waals surface area contributed by atoms with Crippen LogP contribution in [0.3, 0.4) is 0 Å². The number of benzene rings is 1. The predicted octanol–water partition coefficient (Wildman–Crippen LogP) is 5.97. The van der Waals surface area contributed by atoms with Crippen LogP contribution < -0.4 is 4.46 Å². The third kappa shape index (κ3) is 10.2. The molecule has 24 heavy (non-hydrogen) atoms. The van der Waals surface area contributed by atoms with E-state index in [1.807, 2.05) is 24.3 Å². The van der Waals surface area contributed by atoms with Gasteiger partial charge < -0.3 is 0 Å². The number of hydrogen-bond donors (Lipinski definition) is 0. The van der Waals surface area contributed by atoms with Crippen LogP contribution >= 0.6 is 17.9 Å². The minimum absolute atomic E-state index is 0.340. The van der Waals surface area contributed by atoms with Crippen molar-refractivity contribution in [3.05, 3.63) is 29.3 Å². The van der Waals surface area contributed by atoms with Crippen molar-refractivity contribution in [2.45, 2.75) is 65.2 Å². The van der Waals surface area contributed by atoms with Crippen LogP contribution in [0.25, 0.3) is 0 Å². The summed E-state index contributed by atoms with van der Waals surface area (Å²) in [5, 5.41) is 0.686. The SMILES string of the molecule is CCCCCCOP(=O)(OCCCCCC)[Se]c1ccc(Cl)cc1. The van der Waals surface area contributed by atoms with E-state index in [4.69, 9.17) is 20.6 Å². The average molecular weight is 440 g/mol. The molecule has 0 fully saturated rings. The van der Waals surface area contributed by atoms with E-state index in [0.29, 0.717) is 18.2 Å². The molecule has 0 N–H and O–H groups in total. The molecular weight excluding hydrogens is 410 g/mol. The maximum atomic E-state index is 13.1. The van der Waals surface area contributed by atoms with Crippen LogP contribution in [-0.4, -0.2) is 27.7 Å². The Morgan fingerprint density at radius 3 is 1.83 bits per heavy atom. The Morgan fingerprint density at radius 2 is 1.38 bits per heavy atom. The second-order valence-electron chi connectivity index (χ2n) is 5.78. The summed E-state index contributed by atoms with van der Waals surface area (Å²) in [7, 11) is 0. The van der Waals surface area contributed by atoms with E-state index in [1.165, 1.54) is 25.7 Å². The molecule has 0 aliphatic heterocycles. The third-order valence-electron chi connectivity index (χ3n) is 3.53. The van der Waals surface area contributed by atoms with Gasteiger partial charge in [-0.05, 0) is 0 Å². The Bertz CT molecular complexity index is 464. The number of hydrogen-bond acceptors (Lipinski definition) is 3. The van der Waals surface area contributed by atoms with Gasteiger partial charge in [0.1, 0.15) is 0 Å². The van der Waals surface area contributed by atoms with E-state index in [-0.39, 0.29) is 14.5 Å². The molecule has 0 aliphatic rings. The summed E-state index contributed by atoms with van der Waals surface area (Å²) in [5.41, 5.74) is 0. The minimum atomic E-state index is -3.03. The molecule has 0 aromatic heterocycles. The van der Waals surface area contributed by atoms with Gasteiger partial charge >= 0.3 is 158 Å². The molecule has 0 heterocycles. The predicted molar refractivity (Wildman–Crippen MR) is 105 cm³/mol. The Morgan fingerprint density at radius 1 is 0.875 bits per heavy atom. The fourth-order valence-corrected chi connectivity index (χ4v) is 7.79. The zero-order chi connectivity index (χ0) is 17.7. The van der Waals surface area contributed by atoms with Gasteiger partial charge in [0.05, 0.1) is 0 Å². The van der Waals surface area contributed by atoms with Crippen molar-refractivity contribution in [1.29, 1.82) is 0 Å². The first-order valence-electron chi connectivity index (χ1n) is 8.94. The molecule has 0 aliphatic carbocycles. The van der Waals surface area contributed by atoms with Crippen LogP contribution in [0, 0.1) is 0 Å². The van der Waals surface area contributed by atoms with Crippen molar-refractivity contribution in [1.82, 2.24) is 0 Å². The zero-order valence-corrected chi connectivity index (χ0v) is 18.2. The van der Waals surface area contributed by atoms with Crippen LogP contribution in [0.2, 0.25) is 5.02 Å². The standard InChI is InChI=1S/C18H30ClO3PSe/c1-3-5-7-9-15-21-23(20,22-16-10-8-6-4-2)24-18-13-11-17(19)12-14-18/h11-14H,3-10,15-16H2,1-2H3. The van der Waals surface area contributed by atoms with Crippen molar-refractivity contribution >= 4 is 36.9 Å². The van der Waals surface area contributed by atoms with Crippen molar-refractivity contribution in [2.75, 3.05) is 13.2 Å². The first-order valence-corrected chi connectivity index (χ1v) is 13.9. The summed E-state index contributed by atoms with van der Waals surface area (Å²) < 4.78 is 25.6. The Labute approximate surface area is 158 Å². The fraction of sp³-hybridized carbons (Fsp3) is 0.667. The van der Waals surface area contributed by atoms with Gasteiger partial charge in [0.2, 0.25) is 0 Å². The summed E-state index contributed by atoms with van der Waals surface area (Å²) in [5.74, 6) is 0. The molecule has 1 rings (SSSR count). The quantitative estimate of drug-likeness (QED) is 0.203. The zero-order valence-electron chi connectivity index (χ0n) is 14.8. The van der Waals surface area contributed by atoms with Crippen molar-refractivity contribution < 1.29 is 13.6 Å². The Balaban J connectivity index is 2.52. The monoisotopic (exact) mass is 440 g/mol. The maximum absolute atomic E-state index is 13.1. The van der Waals surface area contributed by atoms with Crippen molar-refractivity contribution in [2.24, 2.45) is 0 Å². The molecule has 0 saturated heterocycles. The molecule has 0 radical (unpaired) electrons. The molecule has 0 atom stereocenters. The van der Waals surface area contributed by atoms with Gasteiger partial charge in [-0.15, -0.1) is 0 Å². The van der Waals surface area contributed by atoms with E-state index >= 15 is 0 Å². The molecule has 0 saturated carbocycles. The first-order chi connectivity index (χ1) is 11.6. The van der Waals surface area contributed by atoms with Crippen LogP contribution in [0.1, 0.15) is 65.2 Å². The Hall–Kier alpha value is 0.179. The molecule has 0 spiro atoms. The number of halogens is 1. The van der Waals surface area contributed by atoms with Crippen LogP contribution in [0.4, 0.5) is 0 Å². The van der Waals surface area contributed by atoms with Crippen LogP contribution in [0.15, 0.2) is 24.3 Å². The molecule has 138 valence electrons. The van der Waals surface area contributed by atoms with E-state index in [9.17, 15) is 4.57 Å². The molecule has 0 unspecified atom stereocenters. The van der Waals surface area contributed by atoms with Crippen molar-refractivity contribution in [3.63, 3.8) is 0 Å². The summed E-state index contributed by atoms with van der Waals surface area (Å²) >= 11 is 5.58. The van der Waals surface area contributed by atoms with Gasteiger partial charge in [0.25, 0.3) is 0 Å². The van der Waals surface area contributed by atoms with Gasteiger partial charge in [-0.2, -0.15) is 0 Å². The molecule has 3 nitrogen and oxygen atoms in total. The van der Waals surface area contributed by atoms with E-state index in [2.05, 4.69) is 13.8 Å². The summed E-state index contributed by atoms with van der Waals surface area (Å²) in [6.07, 6.45) is 5.80. The van der Waals surface area contributed by atoms with E-state index in [0.717, 1.165) is 30.1 Å². The normalized spacial score (nSPS) is 11.8.